The van der Waals surface area contributed by atoms with Gasteiger partial charge in [0.15, 0.2) is 0 Å². The summed E-state index contributed by atoms with van der Waals surface area (Å²) in [7, 11) is 0. The number of hydrogen-bond acceptors (Lipinski definition) is 3. The molecule has 4 nitrogen and oxygen atoms in total. The third-order valence-corrected chi connectivity index (χ3v) is 5.04. The van der Waals surface area contributed by atoms with E-state index in [1.807, 2.05) is 35.2 Å². The van der Waals surface area contributed by atoms with E-state index in [4.69, 9.17) is 5.73 Å². The Morgan fingerprint density at radius 1 is 1.11 bits per heavy atom. The maximum atomic E-state index is 13.1. The molecule has 1 heterocycles. The summed E-state index contributed by atoms with van der Waals surface area (Å²) in [6.07, 6.45) is -4.53. The number of halogens is 3. The average Bonchev–Trinajstić information content (AvgIpc) is 3.03. The summed E-state index contributed by atoms with van der Waals surface area (Å²) < 4.78 is 39.3. The minimum Gasteiger partial charge on any atom is -0.326 e. The van der Waals surface area contributed by atoms with Gasteiger partial charge in [-0.15, -0.1) is 0 Å². The Bertz CT molecular complexity index is 795. The number of likely N-dealkylation sites (tertiary alicyclic amines) is 1. The fraction of sp³-hybridized carbons (Fsp3) is 0.350. The van der Waals surface area contributed by atoms with E-state index >= 15 is 0 Å². The lowest BCUT2D eigenvalue weighted by atomic mass is 9.95. The molecule has 0 aromatic heterocycles. The highest BCUT2D eigenvalue weighted by molar-refractivity contribution is 5.95. The molecular formula is C20H22F3N3O. The van der Waals surface area contributed by atoms with Gasteiger partial charge in [-0.2, -0.15) is 13.2 Å². The van der Waals surface area contributed by atoms with Gasteiger partial charge in [0.25, 0.3) is 0 Å². The van der Waals surface area contributed by atoms with Gasteiger partial charge in [0.05, 0.1) is 17.3 Å². The molecule has 0 spiro atoms. The van der Waals surface area contributed by atoms with Crippen molar-refractivity contribution in [1.29, 1.82) is 0 Å². The Morgan fingerprint density at radius 2 is 1.74 bits per heavy atom. The molecule has 2 aromatic rings. The van der Waals surface area contributed by atoms with Crippen LogP contribution in [0.2, 0.25) is 0 Å². The number of amides is 1. The van der Waals surface area contributed by atoms with Crippen molar-refractivity contribution in [3.8, 4) is 0 Å². The van der Waals surface area contributed by atoms with Gasteiger partial charge in [-0.3, -0.25) is 9.69 Å². The van der Waals surface area contributed by atoms with E-state index in [1.54, 1.807) is 6.92 Å². The molecule has 3 atom stereocenters. The summed E-state index contributed by atoms with van der Waals surface area (Å²) in [5.74, 6) is -0.392. The number of carbonyl (C=O) groups excluding carboxylic acids is 1. The van der Waals surface area contributed by atoms with Gasteiger partial charge in [-0.05, 0) is 24.6 Å². The molecule has 1 amide bonds. The van der Waals surface area contributed by atoms with Crippen LogP contribution in [0, 0.1) is 0 Å². The van der Waals surface area contributed by atoms with Crippen molar-refractivity contribution in [2.24, 2.45) is 5.73 Å². The maximum Gasteiger partial charge on any atom is 0.418 e. The number of nitrogens with two attached hydrogens (primary N) is 1. The van der Waals surface area contributed by atoms with Crippen LogP contribution in [-0.4, -0.2) is 36.0 Å². The molecule has 0 radical (unpaired) electrons. The summed E-state index contributed by atoms with van der Waals surface area (Å²) in [5, 5.41) is 2.42. The SMILES string of the molecule is CC(C(=O)Nc1ccccc1C(F)(F)F)N1C[C@@H](N)[C@H](c2ccccc2)C1. The fourth-order valence-electron chi connectivity index (χ4n) is 3.47. The predicted octanol–water partition coefficient (Wildman–Crippen LogP) is 3.46. The molecule has 0 aliphatic carbocycles. The lowest BCUT2D eigenvalue weighted by Gasteiger charge is -2.24. The topological polar surface area (TPSA) is 58.4 Å². The van der Waals surface area contributed by atoms with Crippen molar-refractivity contribution in [3.63, 3.8) is 0 Å². The summed E-state index contributed by atoms with van der Waals surface area (Å²) in [6.45, 7) is 2.78. The van der Waals surface area contributed by atoms with Crippen LogP contribution < -0.4 is 11.1 Å². The van der Waals surface area contributed by atoms with E-state index in [-0.39, 0.29) is 17.6 Å². The molecule has 7 heteroatoms. The monoisotopic (exact) mass is 377 g/mol. The molecule has 1 saturated heterocycles. The molecule has 2 aromatic carbocycles. The molecule has 1 aliphatic rings. The van der Waals surface area contributed by atoms with Crippen LogP contribution in [0.5, 0.6) is 0 Å². The Kier molecular flexibility index (Phi) is 5.53. The molecule has 1 unspecified atom stereocenters. The minimum absolute atomic E-state index is 0.0870. The third kappa shape index (κ3) is 4.31. The lowest BCUT2D eigenvalue weighted by molar-refractivity contribution is -0.137. The van der Waals surface area contributed by atoms with E-state index in [0.717, 1.165) is 11.6 Å². The smallest absolute Gasteiger partial charge is 0.326 e. The van der Waals surface area contributed by atoms with Gasteiger partial charge in [0, 0.05) is 25.0 Å². The number of hydrogen-bond donors (Lipinski definition) is 2. The molecule has 27 heavy (non-hydrogen) atoms. The Labute approximate surface area is 156 Å². The number of alkyl halides is 3. The Morgan fingerprint density at radius 3 is 2.41 bits per heavy atom. The summed E-state index contributed by atoms with van der Waals surface area (Å²) >= 11 is 0. The van der Waals surface area contributed by atoms with Crippen LogP contribution in [0.3, 0.4) is 0 Å². The second kappa shape index (κ2) is 7.70. The molecule has 3 rings (SSSR count). The van der Waals surface area contributed by atoms with Gasteiger partial charge in [-0.1, -0.05) is 42.5 Å². The zero-order chi connectivity index (χ0) is 19.6. The van der Waals surface area contributed by atoms with Gasteiger partial charge < -0.3 is 11.1 Å². The van der Waals surface area contributed by atoms with Crippen molar-refractivity contribution in [1.82, 2.24) is 4.90 Å². The average molecular weight is 377 g/mol. The number of anilines is 1. The largest absolute Gasteiger partial charge is 0.418 e. The van der Waals surface area contributed by atoms with Gasteiger partial charge >= 0.3 is 6.18 Å². The normalized spacial score (nSPS) is 21.8. The number of nitrogens with zero attached hydrogens (tertiary/aromatic N) is 1. The van der Waals surface area contributed by atoms with E-state index in [0.29, 0.717) is 13.1 Å². The molecule has 1 fully saturated rings. The highest BCUT2D eigenvalue weighted by Gasteiger charge is 2.37. The van der Waals surface area contributed by atoms with Gasteiger partial charge in [0.2, 0.25) is 5.91 Å². The number of para-hydroxylation sites is 1. The van der Waals surface area contributed by atoms with E-state index in [9.17, 15) is 18.0 Å². The van der Waals surface area contributed by atoms with Crippen molar-refractivity contribution in [2.75, 3.05) is 18.4 Å². The third-order valence-electron chi connectivity index (χ3n) is 5.04. The highest BCUT2D eigenvalue weighted by atomic mass is 19.4. The van der Waals surface area contributed by atoms with Crippen molar-refractivity contribution >= 4 is 11.6 Å². The van der Waals surface area contributed by atoms with E-state index in [1.165, 1.54) is 18.2 Å². The summed E-state index contributed by atoms with van der Waals surface area (Å²) in [5.41, 5.74) is 6.26. The highest BCUT2D eigenvalue weighted by Crippen LogP contribution is 2.35. The second-order valence-corrected chi connectivity index (χ2v) is 6.84. The number of benzene rings is 2. The predicted molar refractivity (Wildman–Crippen MR) is 98.3 cm³/mol. The van der Waals surface area contributed by atoms with Crippen molar-refractivity contribution in [3.05, 3.63) is 65.7 Å². The van der Waals surface area contributed by atoms with Crippen molar-refractivity contribution < 1.29 is 18.0 Å². The first kappa shape index (κ1) is 19.4. The number of nitrogens with one attached hydrogen (secondary N) is 1. The molecule has 3 N–H and O–H groups in total. The molecule has 144 valence electrons. The van der Waals surface area contributed by atoms with Crippen LogP contribution in [0.15, 0.2) is 54.6 Å². The lowest BCUT2D eigenvalue weighted by Crippen LogP contribution is -2.42. The minimum atomic E-state index is -4.53. The van der Waals surface area contributed by atoms with E-state index < -0.39 is 23.7 Å². The second-order valence-electron chi connectivity index (χ2n) is 6.84. The number of rotatable bonds is 4. The maximum absolute atomic E-state index is 13.1. The molecule has 0 saturated carbocycles. The van der Waals surface area contributed by atoms with Crippen LogP contribution in [0.25, 0.3) is 0 Å². The fourth-order valence-corrected chi connectivity index (χ4v) is 3.47. The standard InChI is InChI=1S/C20H22F3N3O/c1-13(19(27)25-18-10-6-5-9-16(18)20(21,22)23)26-11-15(17(24)12-26)14-7-3-2-4-8-14/h2-10,13,15,17H,11-12,24H2,1H3,(H,25,27)/t13?,15-,17+/m0/s1. The van der Waals surface area contributed by atoms with Crippen LogP contribution in [0.1, 0.15) is 24.0 Å². The first-order chi connectivity index (χ1) is 12.8. The van der Waals surface area contributed by atoms with E-state index in [2.05, 4.69) is 5.32 Å². The van der Waals surface area contributed by atoms with Crippen LogP contribution in [0.4, 0.5) is 18.9 Å². The Hall–Kier alpha value is -2.38. The Balaban J connectivity index is 1.70. The zero-order valence-electron chi connectivity index (χ0n) is 14.9. The zero-order valence-corrected chi connectivity index (χ0v) is 14.9. The molecular weight excluding hydrogens is 355 g/mol. The molecule has 1 aliphatic heterocycles. The summed E-state index contributed by atoms with van der Waals surface area (Å²) in [6, 6.07) is 14.1. The van der Waals surface area contributed by atoms with Gasteiger partial charge in [-0.25, -0.2) is 0 Å². The first-order valence-electron chi connectivity index (χ1n) is 8.79. The van der Waals surface area contributed by atoms with Crippen molar-refractivity contribution in [2.45, 2.75) is 31.1 Å². The van der Waals surface area contributed by atoms with Crippen LogP contribution in [-0.2, 0) is 11.0 Å². The summed E-state index contributed by atoms with van der Waals surface area (Å²) in [4.78, 5) is 14.5. The van der Waals surface area contributed by atoms with Crippen LogP contribution >= 0.6 is 0 Å². The van der Waals surface area contributed by atoms with Gasteiger partial charge in [0.1, 0.15) is 0 Å². The number of carbonyl (C=O) groups is 1. The first-order valence-corrected chi connectivity index (χ1v) is 8.79. The quantitative estimate of drug-likeness (QED) is 0.858. The molecule has 0 bridgehead atoms.